The third-order valence-electron chi connectivity index (χ3n) is 2.31. The van der Waals surface area contributed by atoms with Gasteiger partial charge in [0.25, 0.3) is 0 Å². The lowest BCUT2D eigenvalue weighted by Crippen LogP contribution is -2.36. The number of carbonyl (C=O) groups excluding carboxylic acids is 1. The SMILES string of the molecule is CC(C)(C)CC(=O)N(CCCl)C1CC1. The van der Waals surface area contributed by atoms with E-state index in [1.54, 1.807) is 0 Å². The molecule has 82 valence electrons. The topological polar surface area (TPSA) is 20.3 Å². The molecule has 2 nitrogen and oxygen atoms in total. The largest absolute Gasteiger partial charge is 0.339 e. The van der Waals surface area contributed by atoms with Crippen LogP contribution in [0.4, 0.5) is 0 Å². The van der Waals surface area contributed by atoms with Gasteiger partial charge in [0.05, 0.1) is 0 Å². The molecule has 0 bridgehead atoms. The first-order valence-corrected chi connectivity index (χ1v) is 5.83. The molecule has 0 N–H and O–H groups in total. The zero-order chi connectivity index (χ0) is 10.8. The fourth-order valence-electron chi connectivity index (χ4n) is 1.54. The molecule has 1 aliphatic carbocycles. The predicted octanol–water partition coefficient (Wildman–Crippen LogP) is 2.65. The molecule has 0 heterocycles. The molecule has 0 radical (unpaired) electrons. The monoisotopic (exact) mass is 217 g/mol. The van der Waals surface area contributed by atoms with Gasteiger partial charge in [0.1, 0.15) is 0 Å². The summed E-state index contributed by atoms with van der Waals surface area (Å²) in [4.78, 5) is 13.9. The summed E-state index contributed by atoms with van der Waals surface area (Å²) in [6.07, 6.45) is 2.94. The van der Waals surface area contributed by atoms with Gasteiger partial charge in [-0.05, 0) is 18.3 Å². The highest BCUT2D eigenvalue weighted by atomic mass is 35.5. The average molecular weight is 218 g/mol. The number of halogens is 1. The summed E-state index contributed by atoms with van der Waals surface area (Å²) in [7, 11) is 0. The standard InChI is InChI=1S/C11H20ClNO/c1-11(2,3)8-10(14)13(7-6-12)9-4-5-9/h9H,4-8H2,1-3H3. The second kappa shape index (κ2) is 4.52. The molecule has 14 heavy (non-hydrogen) atoms. The number of alkyl halides is 1. The molecule has 1 aliphatic rings. The molecule has 1 amide bonds. The molecule has 1 saturated carbocycles. The molecule has 0 unspecified atom stereocenters. The summed E-state index contributed by atoms with van der Waals surface area (Å²) in [6, 6.07) is 0.489. The Hall–Kier alpha value is -0.240. The molecule has 3 heteroatoms. The fourth-order valence-corrected chi connectivity index (χ4v) is 1.73. The van der Waals surface area contributed by atoms with Crippen molar-refractivity contribution in [3.05, 3.63) is 0 Å². The van der Waals surface area contributed by atoms with Crippen molar-refractivity contribution in [2.24, 2.45) is 5.41 Å². The third kappa shape index (κ3) is 3.87. The molecule has 0 spiro atoms. The molecular formula is C11H20ClNO. The fraction of sp³-hybridized carbons (Fsp3) is 0.909. The van der Waals surface area contributed by atoms with Crippen molar-refractivity contribution in [3.63, 3.8) is 0 Å². The molecule has 0 atom stereocenters. The van der Waals surface area contributed by atoms with Gasteiger partial charge in [0, 0.05) is 24.9 Å². The number of hydrogen-bond acceptors (Lipinski definition) is 1. The first-order chi connectivity index (χ1) is 6.44. The van der Waals surface area contributed by atoms with Gasteiger partial charge in [-0.3, -0.25) is 4.79 Å². The van der Waals surface area contributed by atoms with E-state index in [0.29, 0.717) is 24.9 Å². The van der Waals surface area contributed by atoms with Gasteiger partial charge in [-0.1, -0.05) is 20.8 Å². The van der Waals surface area contributed by atoms with Gasteiger partial charge < -0.3 is 4.90 Å². The minimum atomic E-state index is 0.0799. The summed E-state index contributed by atoms with van der Waals surface area (Å²) in [5.74, 6) is 0.812. The van der Waals surface area contributed by atoms with E-state index in [-0.39, 0.29) is 11.3 Å². The highest BCUT2D eigenvalue weighted by molar-refractivity contribution is 6.18. The van der Waals surface area contributed by atoms with Crippen LogP contribution in [0.2, 0.25) is 0 Å². The maximum Gasteiger partial charge on any atom is 0.223 e. The summed E-state index contributed by atoms with van der Waals surface area (Å²) in [6.45, 7) is 6.99. The number of nitrogens with zero attached hydrogens (tertiary/aromatic N) is 1. The molecule has 0 aromatic heterocycles. The Kier molecular flexibility index (Phi) is 3.82. The lowest BCUT2D eigenvalue weighted by Gasteiger charge is -2.26. The molecule has 0 saturated heterocycles. The van der Waals surface area contributed by atoms with Crippen molar-refractivity contribution in [1.82, 2.24) is 4.90 Å². The van der Waals surface area contributed by atoms with E-state index in [9.17, 15) is 4.79 Å². The molecule has 0 aromatic carbocycles. The van der Waals surface area contributed by atoms with Gasteiger partial charge in [-0.15, -0.1) is 11.6 Å². The normalized spacial score (nSPS) is 16.9. The second-order valence-corrected chi connectivity index (χ2v) is 5.62. The van der Waals surface area contributed by atoms with E-state index in [1.165, 1.54) is 0 Å². The van der Waals surface area contributed by atoms with E-state index in [1.807, 2.05) is 4.90 Å². The third-order valence-corrected chi connectivity index (χ3v) is 2.48. The average Bonchev–Trinajstić information content (AvgIpc) is 2.78. The van der Waals surface area contributed by atoms with Crippen LogP contribution in [0, 0.1) is 5.41 Å². The minimum Gasteiger partial charge on any atom is -0.339 e. The van der Waals surface area contributed by atoms with Crippen molar-refractivity contribution in [2.75, 3.05) is 12.4 Å². The Bertz CT molecular complexity index is 206. The van der Waals surface area contributed by atoms with Gasteiger partial charge in [-0.25, -0.2) is 0 Å². The van der Waals surface area contributed by atoms with E-state index >= 15 is 0 Å². The van der Waals surface area contributed by atoms with Crippen LogP contribution in [-0.2, 0) is 4.79 Å². The van der Waals surface area contributed by atoms with Crippen LogP contribution in [0.3, 0.4) is 0 Å². The zero-order valence-corrected chi connectivity index (χ0v) is 10.1. The zero-order valence-electron chi connectivity index (χ0n) is 9.35. The Balaban J connectivity index is 2.46. The van der Waals surface area contributed by atoms with Crippen molar-refractivity contribution in [3.8, 4) is 0 Å². The summed E-state index contributed by atoms with van der Waals surface area (Å²) in [5.41, 5.74) is 0.0799. The molecule has 0 aromatic rings. The first-order valence-electron chi connectivity index (χ1n) is 5.29. The van der Waals surface area contributed by atoms with Crippen LogP contribution in [0.15, 0.2) is 0 Å². The summed E-state index contributed by atoms with van der Waals surface area (Å²) >= 11 is 5.69. The van der Waals surface area contributed by atoms with Crippen molar-refractivity contribution >= 4 is 17.5 Å². The molecular weight excluding hydrogens is 198 g/mol. The van der Waals surface area contributed by atoms with E-state index < -0.39 is 0 Å². The molecule has 1 fully saturated rings. The Morgan fingerprint density at radius 3 is 2.36 bits per heavy atom. The van der Waals surface area contributed by atoms with Crippen molar-refractivity contribution in [1.29, 1.82) is 0 Å². The van der Waals surface area contributed by atoms with Crippen LogP contribution in [0.25, 0.3) is 0 Å². The first kappa shape index (κ1) is 11.8. The van der Waals surface area contributed by atoms with E-state index in [0.717, 1.165) is 12.8 Å². The van der Waals surface area contributed by atoms with Crippen LogP contribution >= 0.6 is 11.6 Å². The number of rotatable bonds is 4. The van der Waals surface area contributed by atoms with Gasteiger partial charge >= 0.3 is 0 Å². The maximum absolute atomic E-state index is 11.9. The van der Waals surface area contributed by atoms with Gasteiger partial charge in [0.15, 0.2) is 0 Å². The lowest BCUT2D eigenvalue weighted by molar-refractivity contribution is -0.133. The van der Waals surface area contributed by atoms with Gasteiger partial charge in [-0.2, -0.15) is 0 Å². The van der Waals surface area contributed by atoms with Crippen LogP contribution in [0.5, 0.6) is 0 Å². The highest BCUT2D eigenvalue weighted by Crippen LogP contribution is 2.29. The molecule has 1 rings (SSSR count). The lowest BCUT2D eigenvalue weighted by atomic mass is 9.91. The van der Waals surface area contributed by atoms with Gasteiger partial charge in [0.2, 0.25) is 5.91 Å². The number of amides is 1. The quantitative estimate of drug-likeness (QED) is 0.663. The minimum absolute atomic E-state index is 0.0799. The van der Waals surface area contributed by atoms with E-state index in [4.69, 9.17) is 11.6 Å². The Morgan fingerprint density at radius 2 is 2.00 bits per heavy atom. The van der Waals surface area contributed by atoms with Crippen molar-refractivity contribution < 1.29 is 4.79 Å². The molecule has 0 aliphatic heterocycles. The predicted molar refractivity (Wildman–Crippen MR) is 59.5 cm³/mol. The summed E-state index contributed by atoms with van der Waals surface area (Å²) < 4.78 is 0. The highest BCUT2D eigenvalue weighted by Gasteiger charge is 2.33. The maximum atomic E-state index is 11.9. The summed E-state index contributed by atoms with van der Waals surface area (Å²) in [5, 5.41) is 0. The van der Waals surface area contributed by atoms with Crippen molar-refractivity contribution in [2.45, 2.75) is 46.1 Å². The van der Waals surface area contributed by atoms with Crippen LogP contribution in [0.1, 0.15) is 40.0 Å². The number of carbonyl (C=O) groups is 1. The second-order valence-electron chi connectivity index (χ2n) is 5.24. The smallest absolute Gasteiger partial charge is 0.223 e. The Morgan fingerprint density at radius 1 is 1.43 bits per heavy atom. The van der Waals surface area contributed by atoms with Crippen LogP contribution in [-0.4, -0.2) is 29.3 Å². The Labute approximate surface area is 91.6 Å². The van der Waals surface area contributed by atoms with E-state index in [2.05, 4.69) is 20.8 Å². The number of hydrogen-bond donors (Lipinski definition) is 0. The van der Waals surface area contributed by atoms with Crippen LogP contribution < -0.4 is 0 Å².